The Bertz CT molecular complexity index is 1280. The van der Waals surface area contributed by atoms with Crippen LogP contribution < -0.4 is 15.9 Å². The van der Waals surface area contributed by atoms with Gasteiger partial charge in [0.25, 0.3) is 11.8 Å². The first-order chi connectivity index (χ1) is 16.7. The van der Waals surface area contributed by atoms with E-state index in [9.17, 15) is 18.0 Å². The highest BCUT2D eigenvalue weighted by molar-refractivity contribution is 7.89. The van der Waals surface area contributed by atoms with Crippen LogP contribution in [0, 0.1) is 6.92 Å². The van der Waals surface area contributed by atoms with Crippen LogP contribution in [-0.2, 0) is 26.2 Å². The molecule has 0 radical (unpaired) electrons. The minimum Gasteiger partial charge on any atom is -0.484 e. The number of nitrogens with zero attached hydrogens (tertiary/aromatic N) is 2. The van der Waals surface area contributed by atoms with Gasteiger partial charge < -0.3 is 10.5 Å². The maximum Gasteiger partial charge on any atom is 0.255 e. The van der Waals surface area contributed by atoms with Crippen molar-refractivity contribution in [2.45, 2.75) is 18.4 Å². The number of hydrogen-bond acceptors (Lipinski definition) is 6. The molecule has 3 aromatic carbocycles. The molecule has 0 aliphatic rings. The molecule has 3 rings (SSSR count). The Labute approximate surface area is 204 Å². The Hall–Kier alpha value is -4.02. The van der Waals surface area contributed by atoms with E-state index in [-0.39, 0.29) is 18.0 Å². The number of carbonyl (C=O) groups excluding carboxylic acids is 2. The second kappa shape index (κ2) is 11.9. The molecule has 3 aromatic rings. The average Bonchev–Trinajstić information content (AvgIpc) is 2.84. The molecule has 9 nitrogen and oxygen atoms in total. The van der Waals surface area contributed by atoms with Crippen molar-refractivity contribution in [3.05, 3.63) is 95.6 Å². The first kappa shape index (κ1) is 25.6. The van der Waals surface area contributed by atoms with Crippen molar-refractivity contribution in [2.24, 2.45) is 10.8 Å². The van der Waals surface area contributed by atoms with E-state index in [1.165, 1.54) is 18.3 Å². The molecule has 0 aliphatic carbocycles. The van der Waals surface area contributed by atoms with E-state index in [1.807, 2.05) is 13.0 Å². The smallest absolute Gasteiger partial charge is 0.255 e. The third kappa shape index (κ3) is 7.76. The number of benzene rings is 3. The van der Waals surface area contributed by atoms with Crippen LogP contribution in [0.4, 0.5) is 0 Å². The SMILES string of the molecule is Cc1ccc(S(=O)(=O)N(CC(=O)N/N=C/c2ccc(OCC(N)=O)cc2)Cc2ccccc2)cc1. The summed E-state index contributed by atoms with van der Waals surface area (Å²) in [4.78, 5) is 23.5. The fraction of sp³-hybridized carbons (Fsp3) is 0.160. The molecule has 0 aromatic heterocycles. The van der Waals surface area contributed by atoms with Crippen molar-refractivity contribution in [3.63, 3.8) is 0 Å². The molecular formula is C25H26N4O5S. The number of sulfonamides is 1. The third-order valence-corrected chi connectivity index (χ3v) is 6.65. The van der Waals surface area contributed by atoms with Crippen LogP contribution in [0.3, 0.4) is 0 Å². The zero-order valence-corrected chi connectivity index (χ0v) is 19.9. The predicted octanol–water partition coefficient (Wildman–Crippen LogP) is 2.20. The molecule has 10 heteroatoms. The molecule has 0 spiro atoms. The van der Waals surface area contributed by atoms with E-state index in [0.29, 0.717) is 11.3 Å². The lowest BCUT2D eigenvalue weighted by molar-refractivity contribution is -0.121. The summed E-state index contributed by atoms with van der Waals surface area (Å²) < 4.78 is 32.8. The number of ether oxygens (including phenoxy) is 1. The van der Waals surface area contributed by atoms with Crippen LogP contribution in [0.25, 0.3) is 0 Å². The van der Waals surface area contributed by atoms with Crippen LogP contribution in [-0.4, -0.2) is 43.9 Å². The number of carbonyl (C=O) groups is 2. The van der Waals surface area contributed by atoms with Crippen molar-refractivity contribution in [1.29, 1.82) is 0 Å². The van der Waals surface area contributed by atoms with Gasteiger partial charge in [0, 0.05) is 6.54 Å². The minimum absolute atomic E-state index is 0.0287. The van der Waals surface area contributed by atoms with Gasteiger partial charge in [-0.2, -0.15) is 9.41 Å². The molecule has 35 heavy (non-hydrogen) atoms. The number of primary amides is 1. The van der Waals surface area contributed by atoms with Gasteiger partial charge in [0.2, 0.25) is 10.0 Å². The maximum atomic E-state index is 13.3. The highest BCUT2D eigenvalue weighted by Gasteiger charge is 2.26. The lowest BCUT2D eigenvalue weighted by atomic mass is 10.2. The monoisotopic (exact) mass is 494 g/mol. The van der Waals surface area contributed by atoms with E-state index < -0.39 is 28.4 Å². The van der Waals surface area contributed by atoms with Crippen LogP contribution in [0.15, 0.2) is 88.9 Å². The van der Waals surface area contributed by atoms with Crippen LogP contribution in [0.2, 0.25) is 0 Å². The fourth-order valence-corrected chi connectivity index (χ4v) is 4.44. The number of hydrogen-bond donors (Lipinski definition) is 2. The van der Waals surface area contributed by atoms with Crippen molar-refractivity contribution >= 4 is 28.1 Å². The molecule has 0 unspecified atom stereocenters. The summed E-state index contributed by atoms with van der Waals surface area (Å²) in [5.41, 5.74) is 9.74. The summed E-state index contributed by atoms with van der Waals surface area (Å²) in [5, 5.41) is 3.91. The number of nitrogens with one attached hydrogen (secondary N) is 1. The van der Waals surface area contributed by atoms with Gasteiger partial charge in [0.05, 0.1) is 17.7 Å². The highest BCUT2D eigenvalue weighted by atomic mass is 32.2. The highest BCUT2D eigenvalue weighted by Crippen LogP contribution is 2.19. The zero-order valence-electron chi connectivity index (χ0n) is 19.1. The van der Waals surface area contributed by atoms with E-state index >= 15 is 0 Å². The predicted molar refractivity (Wildman–Crippen MR) is 132 cm³/mol. The fourth-order valence-electron chi connectivity index (χ4n) is 3.05. The molecule has 0 saturated carbocycles. The van der Waals surface area contributed by atoms with Crippen LogP contribution >= 0.6 is 0 Å². The van der Waals surface area contributed by atoms with E-state index in [1.54, 1.807) is 60.7 Å². The van der Waals surface area contributed by atoms with Gasteiger partial charge in [0.1, 0.15) is 5.75 Å². The molecule has 0 bridgehead atoms. The lowest BCUT2D eigenvalue weighted by Gasteiger charge is -2.21. The Morgan fingerprint density at radius 2 is 1.66 bits per heavy atom. The van der Waals surface area contributed by atoms with Crippen LogP contribution in [0.5, 0.6) is 5.75 Å². The Morgan fingerprint density at radius 3 is 2.29 bits per heavy atom. The van der Waals surface area contributed by atoms with Gasteiger partial charge in [-0.1, -0.05) is 48.0 Å². The molecule has 2 amide bonds. The molecular weight excluding hydrogens is 468 g/mol. The lowest BCUT2D eigenvalue weighted by Crippen LogP contribution is -2.39. The van der Waals surface area contributed by atoms with Gasteiger partial charge in [-0.15, -0.1) is 0 Å². The number of rotatable bonds is 11. The normalized spacial score (nSPS) is 11.5. The van der Waals surface area contributed by atoms with Gasteiger partial charge >= 0.3 is 0 Å². The topological polar surface area (TPSA) is 131 Å². The Balaban J connectivity index is 1.68. The van der Waals surface area contributed by atoms with Gasteiger partial charge in [-0.05, 0) is 54.4 Å². The molecule has 182 valence electrons. The summed E-state index contributed by atoms with van der Waals surface area (Å²) in [6.45, 7) is 1.25. The molecule has 0 atom stereocenters. The second-order valence-electron chi connectivity index (χ2n) is 7.69. The summed E-state index contributed by atoms with van der Waals surface area (Å²) in [6, 6.07) is 22.1. The summed E-state index contributed by atoms with van der Waals surface area (Å²) in [7, 11) is -3.93. The molecule has 0 saturated heterocycles. The van der Waals surface area contributed by atoms with Gasteiger partial charge in [-0.25, -0.2) is 13.8 Å². The summed E-state index contributed by atoms with van der Waals surface area (Å²) >= 11 is 0. The number of hydrazone groups is 1. The zero-order chi connectivity index (χ0) is 25.3. The first-order valence-corrected chi connectivity index (χ1v) is 12.1. The Morgan fingerprint density at radius 1 is 1.00 bits per heavy atom. The number of aryl methyl sites for hydroxylation is 1. The van der Waals surface area contributed by atoms with E-state index in [0.717, 1.165) is 15.4 Å². The molecule has 0 aliphatic heterocycles. The van der Waals surface area contributed by atoms with E-state index in [4.69, 9.17) is 10.5 Å². The van der Waals surface area contributed by atoms with Crippen molar-refractivity contribution in [3.8, 4) is 5.75 Å². The summed E-state index contributed by atoms with van der Waals surface area (Å²) in [6.07, 6.45) is 1.41. The average molecular weight is 495 g/mol. The second-order valence-corrected chi connectivity index (χ2v) is 9.63. The standard InChI is InChI=1S/C25H26N4O5S/c1-19-7-13-23(14-8-19)35(32,33)29(16-21-5-3-2-4-6-21)17-25(31)28-27-15-20-9-11-22(12-10-20)34-18-24(26)30/h2-15H,16-18H2,1H3,(H2,26,30)(H,28,31)/b27-15+. The number of amides is 2. The largest absolute Gasteiger partial charge is 0.484 e. The molecule has 0 fully saturated rings. The maximum absolute atomic E-state index is 13.3. The molecule has 0 heterocycles. The van der Waals surface area contributed by atoms with Gasteiger partial charge in [-0.3, -0.25) is 9.59 Å². The van der Waals surface area contributed by atoms with E-state index in [2.05, 4.69) is 10.5 Å². The Kier molecular flexibility index (Phi) is 8.71. The van der Waals surface area contributed by atoms with Gasteiger partial charge in [0.15, 0.2) is 6.61 Å². The number of nitrogens with two attached hydrogens (primary N) is 1. The van der Waals surface area contributed by atoms with Crippen molar-refractivity contribution in [1.82, 2.24) is 9.73 Å². The van der Waals surface area contributed by atoms with Crippen molar-refractivity contribution in [2.75, 3.05) is 13.2 Å². The third-order valence-electron chi connectivity index (χ3n) is 4.84. The quantitative estimate of drug-likeness (QED) is 0.312. The minimum atomic E-state index is -3.93. The van der Waals surface area contributed by atoms with Crippen molar-refractivity contribution < 1.29 is 22.7 Å². The summed E-state index contributed by atoms with van der Waals surface area (Å²) in [5.74, 6) is -0.707. The molecule has 3 N–H and O–H groups in total. The first-order valence-electron chi connectivity index (χ1n) is 10.7. The van der Waals surface area contributed by atoms with Crippen LogP contribution in [0.1, 0.15) is 16.7 Å².